The molecular weight excluding hydrogens is 296 g/mol. The number of amides is 1. The van der Waals surface area contributed by atoms with E-state index >= 15 is 0 Å². The molecule has 2 rings (SSSR count). The van der Waals surface area contributed by atoms with E-state index in [4.69, 9.17) is 0 Å². The van der Waals surface area contributed by atoms with Crippen molar-refractivity contribution in [2.45, 2.75) is 45.1 Å². The summed E-state index contributed by atoms with van der Waals surface area (Å²) in [7, 11) is 0. The van der Waals surface area contributed by atoms with Crippen molar-refractivity contribution in [2.75, 3.05) is 26.2 Å². The Morgan fingerprint density at radius 1 is 1.50 bits per heavy atom. The van der Waals surface area contributed by atoms with Crippen molar-refractivity contribution in [3.05, 3.63) is 22.4 Å². The first-order valence-electron chi connectivity index (χ1n) is 8.12. The molecule has 1 fully saturated rings. The second-order valence-electron chi connectivity index (χ2n) is 6.95. The van der Waals surface area contributed by atoms with E-state index in [9.17, 15) is 9.90 Å². The average molecular weight is 324 g/mol. The van der Waals surface area contributed by atoms with E-state index < -0.39 is 11.5 Å². The molecule has 0 radical (unpaired) electrons. The van der Waals surface area contributed by atoms with Crippen LogP contribution in [0.1, 0.15) is 38.5 Å². The van der Waals surface area contributed by atoms with Crippen LogP contribution < -0.4 is 5.32 Å². The number of carbonyl (C=O) groups excluding carboxylic acids is 1. The Bertz CT molecular complexity index is 465. The molecule has 0 bridgehead atoms. The third kappa shape index (κ3) is 4.54. The highest BCUT2D eigenvalue weighted by molar-refractivity contribution is 7.10. The van der Waals surface area contributed by atoms with Crippen LogP contribution in [0.25, 0.3) is 0 Å². The maximum atomic E-state index is 12.4. The van der Waals surface area contributed by atoms with Gasteiger partial charge in [-0.05, 0) is 57.1 Å². The van der Waals surface area contributed by atoms with Crippen molar-refractivity contribution in [1.29, 1.82) is 0 Å². The lowest BCUT2D eigenvalue weighted by molar-refractivity contribution is -0.126. The minimum absolute atomic E-state index is 0.0266. The first-order chi connectivity index (χ1) is 10.4. The summed E-state index contributed by atoms with van der Waals surface area (Å²) in [4.78, 5) is 15.7. The molecule has 124 valence electrons. The molecule has 0 aliphatic carbocycles. The van der Waals surface area contributed by atoms with Gasteiger partial charge in [0.2, 0.25) is 5.91 Å². The summed E-state index contributed by atoms with van der Waals surface area (Å²) in [6, 6.07) is 3.94. The highest BCUT2D eigenvalue weighted by atomic mass is 32.1. The van der Waals surface area contributed by atoms with Gasteiger partial charge in [-0.3, -0.25) is 4.79 Å². The van der Waals surface area contributed by atoms with E-state index in [2.05, 4.69) is 17.1 Å². The molecule has 2 heterocycles. The molecule has 4 nitrogen and oxygen atoms in total. The number of hydrogen-bond acceptors (Lipinski definition) is 4. The molecular formula is C17H28N2O2S. The minimum atomic E-state index is -0.547. The first kappa shape index (κ1) is 17.4. The molecule has 2 N–H and O–H groups in total. The minimum Gasteiger partial charge on any atom is -0.390 e. The number of thiophene rings is 1. The second kappa shape index (κ2) is 7.57. The fourth-order valence-electron chi connectivity index (χ4n) is 2.78. The summed E-state index contributed by atoms with van der Waals surface area (Å²) in [6.07, 6.45) is 1.89. The largest absolute Gasteiger partial charge is 0.390 e. The quantitative estimate of drug-likeness (QED) is 0.844. The Hall–Kier alpha value is -0.910. The number of nitrogens with zero attached hydrogens (tertiary/aromatic N) is 1. The van der Waals surface area contributed by atoms with Gasteiger partial charge in [0.1, 0.15) is 0 Å². The van der Waals surface area contributed by atoms with Gasteiger partial charge in [-0.25, -0.2) is 0 Å². The molecule has 22 heavy (non-hydrogen) atoms. The van der Waals surface area contributed by atoms with Gasteiger partial charge in [0.25, 0.3) is 0 Å². The Kier molecular flexibility index (Phi) is 6.01. The molecule has 1 aromatic heterocycles. The van der Waals surface area contributed by atoms with Crippen LogP contribution in [0.5, 0.6) is 0 Å². The molecule has 1 saturated heterocycles. The number of nitrogens with one attached hydrogen (secondary N) is 1. The Morgan fingerprint density at radius 3 is 2.77 bits per heavy atom. The molecule has 1 aliphatic heterocycles. The fourth-order valence-corrected chi connectivity index (χ4v) is 3.63. The third-order valence-corrected chi connectivity index (χ3v) is 5.74. The van der Waals surface area contributed by atoms with E-state index in [0.717, 1.165) is 23.9 Å². The van der Waals surface area contributed by atoms with Crippen LogP contribution >= 0.6 is 11.3 Å². The van der Waals surface area contributed by atoms with Crippen LogP contribution in [0.2, 0.25) is 0 Å². The number of likely N-dealkylation sites (tertiary alicyclic amines) is 1. The number of piperidine rings is 1. The number of carbonyl (C=O) groups is 1. The van der Waals surface area contributed by atoms with Crippen molar-refractivity contribution in [1.82, 2.24) is 10.2 Å². The van der Waals surface area contributed by atoms with Crippen LogP contribution in [-0.4, -0.2) is 48.2 Å². The second-order valence-corrected chi connectivity index (χ2v) is 7.90. The topological polar surface area (TPSA) is 52.6 Å². The molecule has 1 aromatic rings. The molecule has 1 amide bonds. The summed E-state index contributed by atoms with van der Waals surface area (Å²) < 4.78 is 0. The lowest BCUT2D eigenvalue weighted by Gasteiger charge is -2.32. The SMILES string of the molecule is CC1CCN(CC(O)CNC(=O)C(C)(C)c2cccs2)CC1. The zero-order valence-corrected chi connectivity index (χ0v) is 14.7. The maximum absolute atomic E-state index is 12.4. The van der Waals surface area contributed by atoms with Gasteiger partial charge in [-0.2, -0.15) is 0 Å². The van der Waals surface area contributed by atoms with Gasteiger partial charge in [-0.1, -0.05) is 13.0 Å². The van der Waals surface area contributed by atoms with Gasteiger partial charge < -0.3 is 15.3 Å². The number of rotatable bonds is 6. The molecule has 0 aromatic carbocycles. The molecule has 1 atom stereocenters. The first-order valence-corrected chi connectivity index (χ1v) is 9.00. The maximum Gasteiger partial charge on any atom is 0.231 e. The number of hydrogen-bond donors (Lipinski definition) is 2. The van der Waals surface area contributed by atoms with E-state index in [1.54, 1.807) is 11.3 Å². The summed E-state index contributed by atoms with van der Waals surface area (Å²) >= 11 is 1.59. The van der Waals surface area contributed by atoms with Gasteiger partial charge in [0.15, 0.2) is 0 Å². The summed E-state index contributed by atoms with van der Waals surface area (Å²) in [6.45, 7) is 9.19. The van der Waals surface area contributed by atoms with E-state index in [0.29, 0.717) is 13.1 Å². The molecule has 0 spiro atoms. The van der Waals surface area contributed by atoms with Crippen LogP contribution in [0.15, 0.2) is 17.5 Å². The van der Waals surface area contributed by atoms with Crippen LogP contribution in [0, 0.1) is 5.92 Å². The fraction of sp³-hybridized carbons (Fsp3) is 0.706. The Labute approximate surface area is 137 Å². The number of aliphatic hydroxyl groups is 1. The van der Waals surface area contributed by atoms with E-state index in [1.807, 2.05) is 31.4 Å². The summed E-state index contributed by atoms with van der Waals surface area (Å²) in [5, 5.41) is 15.0. The summed E-state index contributed by atoms with van der Waals surface area (Å²) in [5.41, 5.74) is -0.547. The highest BCUT2D eigenvalue weighted by Crippen LogP contribution is 2.27. The third-order valence-electron chi connectivity index (χ3n) is 4.55. The zero-order valence-electron chi connectivity index (χ0n) is 13.8. The highest BCUT2D eigenvalue weighted by Gasteiger charge is 2.31. The predicted molar refractivity (Wildman–Crippen MR) is 91.2 cm³/mol. The van der Waals surface area contributed by atoms with Gasteiger partial charge in [0, 0.05) is 18.0 Å². The van der Waals surface area contributed by atoms with Crippen molar-refractivity contribution in [3.63, 3.8) is 0 Å². The Morgan fingerprint density at radius 2 is 2.18 bits per heavy atom. The van der Waals surface area contributed by atoms with Crippen molar-refractivity contribution in [3.8, 4) is 0 Å². The van der Waals surface area contributed by atoms with Crippen molar-refractivity contribution in [2.24, 2.45) is 5.92 Å². The van der Waals surface area contributed by atoms with E-state index in [-0.39, 0.29) is 5.91 Å². The zero-order chi connectivity index (χ0) is 16.2. The normalized spacial score (nSPS) is 19.1. The van der Waals surface area contributed by atoms with Crippen LogP contribution in [0.4, 0.5) is 0 Å². The predicted octanol–water partition coefficient (Wildman–Crippen LogP) is 2.23. The van der Waals surface area contributed by atoms with Crippen LogP contribution in [0.3, 0.4) is 0 Å². The summed E-state index contributed by atoms with van der Waals surface area (Å²) in [5.74, 6) is 0.765. The smallest absolute Gasteiger partial charge is 0.231 e. The van der Waals surface area contributed by atoms with Crippen molar-refractivity contribution < 1.29 is 9.90 Å². The molecule has 1 unspecified atom stereocenters. The van der Waals surface area contributed by atoms with Crippen LogP contribution in [-0.2, 0) is 10.2 Å². The number of aliphatic hydroxyl groups excluding tert-OH is 1. The lowest BCUT2D eigenvalue weighted by Crippen LogP contribution is -2.46. The number of β-amino-alcohol motifs (C(OH)–C–C–N with tert-alkyl or cyclic N) is 1. The standard InChI is InChI=1S/C17H28N2O2S/c1-13-6-8-19(9-7-13)12-14(20)11-18-16(21)17(2,3)15-5-4-10-22-15/h4-5,10,13-14,20H,6-9,11-12H2,1-3H3,(H,18,21). The Balaban J connectivity index is 1.76. The molecule has 1 aliphatic rings. The monoisotopic (exact) mass is 324 g/mol. The van der Waals surface area contributed by atoms with Gasteiger partial charge in [0.05, 0.1) is 11.5 Å². The van der Waals surface area contributed by atoms with Gasteiger partial charge in [-0.15, -0.1) is 11.3 Å². The average Bonchev–Trinajstić information content (AvgIpc) is 3.02. The lowest BCUT2D eigenvalue weighted by atomic mass is 9.90. The molecule has 0 saturated carbocycles. The van der Waals surface area contributed by atoms with Gasteiger partial charge >= 0.3 is 0 Å². The van der Waals surface area contributed by atoms with Crippen molar-refractivity contribution >= 4 is 17.2 Å². The van der Waals surface area contributed by atoms with E-state index in [1.165, 1.54) is 12.8 Å². The molecule has 5 heteroatoms.